The van der Waals surface area contributed by atoms with Crippen LogP contribution in [0.3, 0.4) is 0 Å². The number of aryl methyl sites for hydroxylation is 1. The number of rotatable bonds is 3. The van der Waals surface area contributed by atoms with Gasteiger partial charge < -0.3 is 5.73 Å². The van der Waals surface area contributed by atoms with Crippen molar-refractivity contribution in [3.63, 3.8) is 0 Å². The summed E-state index contributed by atoms with van der Waals surface area (Å²) in [7, 11) is -3.91. The average molecular weight is 347 g/mol. The first-order chi connectivity index (χ1) is 9.72. The monoisotopic (exact) mass is 346 g/mol. The molecule has 1 heterocycles. The fraction of sp³-hybridized carbons (Fsp3) is 0.167. The summed E-state index contributed by atoms with van der Waals surface area (Å²) in [6.07, 6.45) is 1.14. The van der Waals surface area contributed by atoms with Gasteiger partial charge in [-0.25, -0.2) is 18.4 Å². The highest BCUT2D eigenvalue weighted by atomic mass is 35.5. The van der Waals surface area contributed by atoms with E-state index < -0.39 is 10.0 Å². The van der Waals surface area contributed by atoms with Gasteiger partial charge in [0.05, 0.1) is 4.90 Å². The highest BCUT2D eigenvalue weighted by molar-refractivity contribution is 7.92. The molecule has 112 valence electrons. The lowest BCUT2D eigenvalue weighted by Gasteiger charge is -2.13. The third kappa shape index (κ3) is 3.20. The van der Waals surface area contributed by atoms with E-state index >= 15 is 0 Å². The van der Waals surface area contributed by atoms with Crippen molar-refractivity contribution < 1.29 is 8.42 Å². The van der Waals surface area contributed by atoms with Crippen LogP contribution in [0.5, 0.6) is 0 Å². The third-order valence-electron chi connectivity index (χ3n) is 2.83. The standard InChI is InChI=1S/C12H12Cl2N4O2S/c1-6-3-8(15)7(2)9(4-6)21(19,20)18-10-11(13)16-5-17-12(10)14/h3-5,18H,15H2,1-2H3. The van der Waals surface area contributed by atoms with Crippen molar-refractivity contribution in [1.82, 2.24) is 9.97 Å². The molecule has 9 heteroatoms. The Morgan fingerprint density at radius 1 is 1.14 bits per heavy atom. The van der Waals surface area contributed by atoms with Gasteiger partial charge in [-0.2, -0.15) is 0 Å². The normalized spacial score (nSPS) is 11.4. The van der Waals surface area contributed by atoms with Crippen molar-refractivity contribution in [2.75, 3.05) is 10.5 Å². The summed E-state index contributed by atoms with van der Waals surface area (Å²) in [5.74, 6) is 0. The predicted octanol–water partition coefficient (Wildman–Crippen LogP) is 2.78. The van der Waals surface area contributed by atoms with Gasteiger partial charge in [-0.15, -0.1) is 0 Å². The van der Waals surface area contributed by atoms with Gasteiger partial charge in [0, 0.05) is 5.69 Å². The molecule has 0 saturated heterocycles. The van der Waals surface area contributed by atoms with Crippen molar-refractivity contribution >= 4 is 44.6 Å². The van der Waals surface area contributed by atoms with Crippen LogP contribution in [0.25, 0.3) is 0 Å². The first kappa shape index (κ1) is 15.8. The number of anilines is 2. The van der Waals surface area contributed by atoms with E-state index in [-0.39, 0.29) is 20.9 Å². The van der Waals surface area contributed by atoms with Crippen molar-refractivity contribution in [1.29, 1.82) is 0 Å². The summed E-state index contributed by atoms with van der Waals surface area (Å²) in [4.78, 5) is 7.44. The summed E-state index contributed by atoms with van der Waals surface area (Å²) >= 11 is 11.7. The number of benzene rings is 1. The van der Waals surface area contributed by atoms with E-state index in [4.69, 9.17) is 28.9 Å². The van der Waals surface area contributed by atoms with Crippen LogP contribution in [0.15, 0.2) is 23.4 Å². The number of sulfonamides is 1. The Balaban J connectivity index is 2.54. The zero-order valence-corrected chi connectivity index (χ0v) is 13.5. The van der Waals surface area contributed by atoms with Crippen LogP contribution in [0, 0.1) is 13.8 Å². The van der Waals surface area contributed by atoms with Crippen LogP contribution in [0.2, 0.25) is 10.3 Å². The van der Waals surface area contributed by atoms with Crippen LogP contribution in [-0.4, -0.2) is 18.4 Å². The Hall–Kier alpha value is -1.57. The van der Waals surface area contributed by atoms with Crippen LogP contribution >= 0.6 is 23.2 Å². The van der Waals surface area contributed by atoms with Gasteiger partial charge in [-0.1, -0.05) is 23.2 Å². The molecule has 3 N–H and O–H groups in total. The smallest absolute Gasteiger partial charge is 0.262 e. The molecule has 0 spiro atoms. The molecule has 0 amide bonds. The number of nitrogen functional groups attached to an aromatic ring is 1. The number of nitrogens with two attached hydrogens (primary N) is 1. The lowest BCUT2D eigenvalue weighted by atomic mass is 10.1. The molecule has 1 aromatic carbocycles. The fourth-order valence-corrected chi connectivity index (χ4v) is 3.70. The van der Waals surface area contributed by atoms with Crippen molar-refractivity contribution in [3.8, 4) is 0 Å². The molecule has 0 saturated carbocycles. The Labute approximate surface area is 132 Å². The number of nitrogens with one attached hydrogen (secondary N) is 1. The molecule has 21 heavy (non-hydrogen) atoms. The molecular formula is C12H12Cl2N4O2S. The second-order valence-corrected chi connectivity index (χ2v) is 6.78. The van der Waals surface area contributed by atoms with E-state index in [1.165, 1.54) is 6.07 Å². The maximum atomic E-state index is 12.5. The molecule has 1 aromatic heterocycles. The van der Waals surface area contributed by atoms with E-state index in [1.807, 2.05) is 0 Å². The molecule has 2 rings (SSSR count). The molecule has 0 aliphatic rings. The Morgan fingerprint density at radius 2 is 1.71 bits per heavy atom. The second-order valence-electron chi connectivity index (χ2n) is 4.41. The SMILES string of the molecule is Cc1cc(N)c(C)c(S(=O)(=O)Nc2c(Cl)ncnc2Cl)c1. The molecule has 0 unspecified atom stereocenters. The van der Waals surface area contributed by atoms with E-state index in [1.54, 1.807) is 19.9 Å². The summed E-state index contributed by atoms with van der Waals surface area (Å²) in [5.41, 5.74) is 7.28. The number of hydrogen-bond donors (Lipinski definition) is 2. The molecule has 0 fully saturated rings. The average Bonchev–Trinajstić information content (AvgIpc) is 2.38. The van der Waals surface area contributed by atoms with E-state index in [2.05, 4.69) is 14.7 Å². The highest BCUT2D eigenvalue weighted by Crippen LogP contribution is 2.30. The second kappa shape index (κ2) is 5.67. The number of aromatic nitrogens is 2. The summed E-state index contributed by atoms with van der Waals surface area (Å²) in [6, 6.07) is 3.21. The molecule has 0 aliphatic carbocycles. The van der Waals surface area contributed by atoms with Crippen LogP contribution in [-0.2, 0) is 10.0 Å². The van der Waals surface area contributed by atoms with Gasteiger partial charge in [0.25, 0.3) is 10.0 Å². The Morgan fingerprint density at radius 3 is 2.29 bits per heavy atom. The predicted molar refractivity (Wildman–Crippen MR) is 83.2 cm³/mol. The van der Waals surface area contributed by atoms with Crippen molar-refractivity contribution in [3.05, 3.63) is 39.9 Å². The fourth-order valence-electron chi connectivity index (χ4n) is 1.75. The van der Waals surface area contributed by atoms with Crippen molar-refractivity contribution in [2.45, 2.75) is 18.7 Å². The maximum Gasteiger partial charge on any atom is 0.262 e. The topological polar surface area (TPSA) is 98.0 Å². The number of halogens is 2. The molecule has 0 atom stereocenters. The van der Waals surface area contributed by atoms with Gasteiger partial charge in [-0.05, 0) is 37.1 Å². The lowest BCUT2D eigenvalue weighted by Crippen LogP contribution is -2.16. The van der Waals surface area contributed by atoms with Crippen molar-refractivity contribution in [2.24, 2.45) is 0 Å². The van der Waals surface area contributed by atoms with Crippen LogP contribution in [0.1, 0.15) is 11.1 Å². The zero-order valence-electron chi connectivity index (χ0n) is 11.2. The highest BCUT2D eigenvalue weighted by Gasteiger charge is 2.22. The minimum absolute atomic E-state index is 0.0518. The van der Waals surface area contributed by atoms with Crippen LogP contribution < -0.4 is 10.5 Å². The Bertz CT molecular complexity index is 789. The third-order valence-corrected chi connectivity index (χ3v) is 4.87. The Kier molecular flexibility index (Phi) is 4.27. The molecular weight excluding hydrogens is 335 g/mol. The van der Waals surface area contributed by atoms with Gasteiger partial charge in [-0.3, -0.25) is 4.72 Å². The molecule has 0 aliphatic heterocycles. The van der Waals surface area contributed by atoms with E-state index in [9.17, 15) is 8.42 Å². The summed E-state index contributed by atoms with van der Waals surface area (Å²) < 4.78 is 27.3. The first-order valence-electron chi connectivity index (χ1n) is 5.78. The van der Waals surface area contributed by atoms with Gasteiger partial charge in [0.1, 0.15) is 12.0 Å². The minimum atomic E-state index is -3.91. The zero-order chi connectivity index (χ0) is 15.8. The number of hydrogen-bond acceptors (Lipinski definition) is 5. The summed E-state index contributed by atoms with van der Waals surface area (Å²) in [5, 5.41) is -0.172. The van der Waals surface area contributed by atoms with Crippen LogP contribution in [0.4, 0.5) is 11.4 Å². The lowest BCUT2D eigenvalue weighted by molar-refractivity contribution is 0.600. The molecule has 2 aromatic rings. The first-order valence-corrected chi connectivity index (χ1v) is 8.02. The molecule has 6 nitrogen and oxygen atoms in total. The largest absolute Gasteiger partial charge is 0.398 e. The quantitative estimate of drug-likeness (QED) is 0.657. The number of nitrogens with zero attached hydrogens (tertiary/aromatic N) is 2. The van der Waals surface area contributed by atoms with Gasteiger partial charge in [0.2, 0.25) is 0 Å². The maximum absolute atomic E-state index is 12.5. The van der Waals surface area contributed by atoms with Gasteiger partial charge in [0.15, 0.2) is 10.3 Å². The van der Waals surface area contributed by atoms with E-state index in [0.29, 0.717) is 11.3 Å². The summed E-state index contributed by atoms with van der Waals surface area (Å²) in [6.45, 7) is 3.37. The molecule has 0 bridgehead atoms. The molecule has 0 radical (unpaired) electrons. The van der Waals surface area contributed by atoms with E-state index in [0.717, 1.165) is 11.9 Å². The van der Waals surface area contributed by atoms with Gasteiger partial charge >= 0.3 is 0 Å². The minimum Gasteiger partial charge on any atom is -0.398 e.